The molecule has 0 aromatic carbocycles. The highest BCUT2D eigenvalue weighted by molar-refractivity contribution is 5.94. The Bertz CT molecular complexity index is 872. The molecule has 0 spiro atoms. The number of carbonyl (C=O) groups is 1. The largest absolute Gasteiger partial charge is 0.477 e. The maximum Gasteiger partial charge on any atom is 0.341 e. The first kappa shape index (κ1) is 17.9. The van der Waals surface area contributed by atoms with Crippen LogP contribution in [-0.4, -0.2) is 37.2 Å². The number of nitrogens with one attached hydrogen (secondary N) is 1. The van der Waals surface area contributed by atoms with Gasteiger partial charge < -0.3 is 14.8 Å². The molecule has 0 bridgehead atoms. The maximum absolute atomic E-state index is 11.5. The second kappa shape index (κ2) is 7.99. The molecule has 0 aliphatic rings. The number of nitrogens with zero attached hydrogens (tertiary/aromatic N) is 4. The molecular weight excluding hydrogens is 334 g/mol. The van der Waals surface area contributed by atoms with Crippen LogP contribution in [0.4, 0.5) is 5.95 Å². The van der Waals surface area contributed by atoms with Crippen LogP contribution in [0.5, 0.6) is 0 Å². The molecule has 1 atom stereocenters. The van der Waals surface area contributed by atoms with Crippen LogP contribution >= 0.6 is 0 Å². The smallest absolute Gasteiger partial charge is 0.341 e. The second-order valence-corrected chi connectivity index (χ2v) is 6.25. The second-order valence-electron chi connectivity index (χ2n) is 6.25. The van der Waals surface area contributed by atoms with Gasteiger partial charge in [0.05, 0.1) is 6.26 Å². The lowest BCUT2D eigenvalue weighted by atomic mass is 9.99. The van der Waals surface area contributed by atoms with E-state index in [4.69, 9.17) is 4.42 Å². The lowest BCUT2D eigenvalue weighted by Crippen LogP contribution is -2.17. The van der Waals surface area contributed by atoms with Crippen LogP contribution in [-0.2, 0) is 0 Å². The first-order valence-corrected chi connectivity index (χ1v) is 8.90. The fraction of sp³-hybridized carbons (Fsp3) is 0.444. The average molecular weight is 357 g/mol. The summed E-state index contributed by atoms with van der Waals surface area (Å²) in [6, 6.07) is 3.46. The predicted molar refractivity (Wildman–Crippen MR) is 97.2 cm³/mol. The third kappa shape index (κ3) is 3.68. The molecule has 3 aromatic rings. The number of aromatic carboxylic acids is 1. The van der Waals surface area contributed by atoms with Crippen LogP contribution < -0.4 is 5.32 Å². The zero-order valence-electron chi connectivity index (χ0n) is 15.0. The van der Waals surface area contributed by atoms with Crippen LogP contribution in [0.3, 0.4) is 0 Å². The van der Waals surface area contributed by atoms with Crippen molar-refractivity contribution >= 4 is 17.6 Å². The Morgan fingerprint density at radius 1 is 1.42 bits per heavy atom. The van der Waals surface area contributed by atoms with Crippen molar-refractivity contribution in [2.45, 2.75) is 39.5 Å². The van der Waals surface area contributed by atoms with E-state index in [0.717, 1.165) is 19.4 Å². The van der Waals surface area contributed by atoms with E-state index < -0.39 is 5.97 Å². The number of furan rings is 1. The van der Waals surface area contributed by atoms with Crippen molar-refractivity contribution < 1.29 is 14.3 Å². The number of fused-ring (bicyclic) bond motifs is 1. The molecule has 0 aliphatic heterocycles. The zero-order valence-corrected chi connectivity index (χ0v) is 15.0. The highest BCUT2D eigenvalue weighted by Crippen LogP contribution is 2.21. The maximum atomic E-state index is 11.5. The quantitative estimate of drug-likeness (QED) is 0.601. The van der Waals surface area contributed by atoms with Crippen molar-refractivity contribution in [2.24, 2.45) is 5.92 Å². The van der Waals surface area contributed by atoms with E-state index in [-0.39, 0.29) is 11.2 Å². The summed E-state index contributed by atoms with van der Waals surface area (Å²) in [5.41, 5.74) is 0.238. The van der Waals surface area contributed by atoms with Crippen LogP contribution in [0.1, 0.15) is 49.9 Å². The summed E-state index contributed by atoms with van der Waals surface area (Å²) < 4.78 is 6.76. The molecule has 1 unspecified atom stereocenters. The fourth-order valence-corrected chi connectivity index (χ4v) is 2.83. The minimum absolute atomic E-state index is 0.00104. The molecule has 8 heteroatoms. The molecule has 0 saturated carbocycles. The van der Waals surface area contributed by atoms with Gasteiger partial charge in [0.25, 0.3) is 0 Å². The van der Waals surface area contributed by atoms with Gasteiger partial charge in [0, 0.05) is 12.7 Å². The van der Waals surface area contributed by atoms with Crippen molar-refractivity contribution in [3.8, 4) is 11.6 Å². The van der Waals surface area contributed by atoms with E-state index in [2.05, 4.69) is 34.2 Å². The summed E-state index contributed by atoms with van der Waals surface area (Å²) >= 11 is 0. The number of hydrogen-bond donors (Lipinski definition) is 2. The number of aromatic nitrogens is 4. The summed E-state index contributed by atoms with van der Waals surface area (Å²) in [4.78, 5) is 20.1. The van der Waals surface area contributed by atoms with Gasteiger partial charge in [-0.05, 0) is 24.5 Å². The highest BCUT2D eigenvalue weighted by Gasteiger charge is 2.19. The fourth-order valence-electron chi connectivity index (χ4n) is 2.83. The Balaban J connectivity index is 1.92. The molecular formula is C18H23N5O3. The van der Waals surface area contributed by atoms with Gasteiger partial charge in [0.2, 0.25) is 11.8 Å². The summed E-state index contributed by atoms with van der Waals surface area (Å²) in [5, 5.41) is 17.1. The van der Waals surface area contributed by atoms with E-state index in [9.17, 15) is 9.90 Å². The number of rotatable bonds is 9. The number of hydrogen-bond acceptors (Lipinski definition) is 6. The normalized spacial score (nSPS) is 12.4. The van der Waals surface area contributed by atoms with Crippen LogP contribution in [0, 0.1) is 5.92 Å². The Morgan fingerprint density at radius 2 is 2.27 bits per heavy atom. The molecule has 0 fully saturated rings. The first-order valence-electron chi connectivity index (χ1n) is 8.90. The zero-order chi connectivity index (χ0) is 18.5. The van der Waals surface area contributed by atoms with Gasteiger partial charge in [-0.25, -0.2) is 14.8 Å². The van der Waals surface area contributed by atoms with Crippen molar-refractivity contribution in [3.63, 3.8) is 0 Å². The van der Waals surface area contributed by atoms with Gasteiger partial charge >= 0.3 is 5.97 Å². The highest BCUT2D eigenvalue weighted by atomic mass is 16.4. The van der Waals surface area contributed by atoms with Gasteiger partial charge in [0.1, 0.15) is 5.56 Å². The molecule has 2 N–H and O–H groups in total. The molecule has 0 amide bonds. The molecule has 0 saturated heterocycles. The summed E-state index contributed by atoms with van der Waals surface area (Å²) in [6.45, 7) is 5.10. The Labute approximate surface area is 151 Å². The molecule has 3 heterocycles. The minimum Gasteiger partial charge on any atom is -0.477 e. The number of carboxylic acid groups (broad SMARTS) is 1. The van der Waals surface area contributed by atoms with Gasteiger partial charge in [-0.1, -0.05) is 33.1 Å². The molecule has 3 aromatic heterocycles. The number of unbranched alkanes of at least 4 members (excludes halogenated alkanes) is 1. The van der Waals surface area contributed by atoms with Crippen LogP contribution in [0.15, 0.2) is 29.0 Å². The van der Waals surface area contributed by atoms with E-state index in [0.29, 0.717) is 23.5 Å². The van der Waals surface area contributed by atoms with E-state index in [1.807, 2.05) is 0 Å². The monoisotopic (exact) mass is 357 g/mol. The van der Waals surface area contributed by atoms with Gasteiger partial charge in [-0.2, -0.15) is 4.52 Å². The SMILES string of the molecule is CCCCC(CC)CNc1ncc(C(=O)O)c2nc(-c3ccco3)nn12. The van der Waals surface area contributed by atoms with Crippen molar-refractivity contribution in [1.82, 2.24) is 19.6 Å². The van der Waals surface area contributed by atoms with Crippen molar-refractivity contribution in [3.05, 3.63) is 30.2 Å². The third-order valence-corrected chi connectivity index (χ3v) is 4.43. The van der Waals surface area contributed by atoms with Crippen LogP contribution in [0.2, 0.25) is 0 Å². The van der Waals surface area contributed by atoms with Gasteiger partial charge in [0.15, 0.2) is 11.4 Å². The molecule has 0 radical (unpaired) electrons. The van der Waals surface area contributed by atoms with Gasteiger partial charge in [-0.15, -0.1) is 5.10 Å². The van der Waals surface area contributed by atoms with E-state index in [1.54, 1.807) is 12.1 Å². The number of carboxylic acids is 1. The minimum atomic E-state index is -1.10. The topological polar surface area (TPSA) is 106 Å². The summed E-state index contributed by atoms with van der Waals surface area (Å²) in [5.74, 6) is 0.711. The van der Waals surface area contributed by atoms with Gasteiger partial charge in [-0.3, -0.25) is 0 Å². The molecule has 8 nitrogen and oxygen atoms in total. The predicted octanol–water partition coefficient (Wildman–Crippen LogP) is 3.71. The van der Waals surface area contributed by atoms with Crippen molar-refractivity contribution in [1.29, 1.82) is 0 Å². The van der Waals surface area contributed by atoms with E-state index in [1.165, 1.54) is 29.8 Å². The lowest BCUT2D eigenvalue weighted by molar-refractivity contribution is 0.0698. The standard InChI is InChI=1S/C18H23N5O3/c1-3-5-7-12(4-2)10-19-18-20-11-13(17(24)25)16-21-15(22-23(16)18)14-8-6-9-26-14/h6,8-9,11-12H,3-5,7,10H2,1-2H3,(H,19,20)(H,24,25). The van der Waals surface area contributed by atoms with E-state index >= 15 is 0 Å². The van der Waals surface area contributed by atoms with Crippen LogP contribution in [0.25, 0.3) is 17.2 Å². The number of anilines is 1. The molecule has 26 heavy (non-hydrogen) atoms. The Hall–Kier alpha value is -2.90. The van der Waals surface area contributed by atoms with Crippen molar-refractivity contribution in [2.75, 3.05) is 11.9 Å². The summed E-state index contributed by atoms with van der Waals surface area (Å²) in [6.07, 6.45) is 7.41. The average Bonchev–Trinajstić information content (AvgIpc) is 3.30. The lowest BCUT2D eigenvalue weighted by Gasteiger charge is -2.16. The Kier molecular flexibility index (Phi) is 5.50. The molecule has 0 aliphatic carbocycles. The third-order valence-electron chi connectivity index (χ3n) is 4.43. The first-order chi connectivity index (χ1) is 12.6. The molecule has 3 rings (SSSR count). The molecule has 138 valence electrons. The Morgan fingerprint density at radius 3 is 2.92 bits per heavy atom. The summed E-state index contributed by atoms with van der Waals surface area (Å²) in [7, 11) is 0.